The molecule has 276 valence electrons. The Morgan fingerprint density at radius 3 is 2.18 bits per heavy atom. The van der Waals surface area contributed by atoms with E-state index < -0.39 is 73.8 Å². The van der Waals surface area contributed by atoms with Crippen molar-refractivity contribution in [3.05, 3.63) is 72.8 Å². The van der Waals surface area contributed by atoms with Crippen LogP contribution in [0.25, 0.3) is 11.1 Å². The summed E-state index contributed by atoms with van der Waals surface area (Å²) >= 11 is 0. The first-order valence-electron chi connectivity index (χ1n) is 17.5. The van der Waals surface area contributed by atoms with Crippen LogP contribution in [0.5, 0.6) is 0 Å². The molecule has 12 nitrogen and oxygen atoms in total. The molecular formula is C38H50N4O8S. The Kier molecular flexibility index (Phi) is 10.7. The summed E-state index contributed by atoms with van der Waals surface area (Å²) in [5.41, 5.74) is -0.761. The predicted octanol–water partition coefficient (Wildman–Crippen LogP) is 4.40. The number of amides is 4. The normalized spacial score (nSPS) is 25.6. The van der Waals surface area contributed by atoms with Crippen LogP contribution in [0.15, 0.2) is 67.3 Å². The minimum absolute atomic E-state index is 0.0300. The Bertz CT molecular complexity index is 1760. The van der Waals surface area contributed by atoms with Crippen molar-refractivity contribution in [2.75, 3.05) is 13.7 Å². The van der Waals surface area contributed by atoms with E-state index in [9.17, 15) is 27.6 Å². The van der Waals surface area contributed by atoms with Crippen LogP contribution in [0.2, 0.25) is 0 Å². The van der Waals surface area contributed by atoms with Crippen molar-refractivity contribution in [2.24, 2.45) is 11.8 Å². The number of alkyl carbamates (subject to hydrolysis) is 1. The Morgan fingerprint density at radius 1 is 1.02 bits per heavy atom. The molecule has 5 rings (SSSR count). The maximum atomic E-state index is 14.6. The molecule has 2 saturated carbocycles. The van der Waals surface area contributed by atoms with E-state index in [0.717, 1.165) is 16.7 Å². The van der Waals surface area contributed by atoms with Crippen molar-refractivity contribution in [3.63, 3.8) is 0 Å². The fourth-order valence-electron chi connectivity index (χ4n) is 6.73. The van der Waals surface area contributed by atoms with Gasteiger partial charge in [0.25, 0.3) is 5.91 Å². The van der Waals surface area contributed by atoms with Crippen molar-refractivity contribution >= 4 is 33.8 Å². The Hall–Kier alpha value is -4.23. The number of hydrogen-bond donors (Lipinski definition) is 3. The van der Waals surface area contributed by atoms with Crippen molar-refractivity contribution < 1.29 is 37.1 Å². The van der Waals surface area contributed by atoms with Crippen molar-refractivity contribution in [2.45, 2.75) is 101 Å². The summed E-state index contributed by atoms with van der Waals surface area (Å²) in [7, 11) is -2.37. The Balaban J connectivity index is 1.49. The smallest absolute Gasteiger partial charge is 0.408 e. The van der Waals surface area contributed by atoms with Gasteiger partial charge in [-0.25, -0.2) is 13.2 Å². The third kappa shape index (κ3) is 8.14. The molecule has 51 heavy (non-hydrogen) atoms. The summed E-state index contributed by atoms with van der Waals surface area (Å²) in [4.78, 5) is 56.9. The van der Waals surface area contributed by atoms with E-state index in [1.54, 1.807) is 20.8 Å². The van der Waals surface area contributed by atoms with E-state index >= 15 is 0 Å². The van der Waals surface area contributed by atoms with Crippen LogP contribution in [0.1, 0.15) is 72.3 Å². The van der Waals surface area contributed by atoms with Crippen molar-refractivity contribution in [1.29, 1.82) is 0 Å². The highest BCUT2D eigenvalue weighted by Crippen LogP contribution is 2.46. The predicted molar refractivity (Wildman–Crippen MR) is 193 cm³/mol. The highest BCUT2D eigenvalue weighted by molar-refractivity contribution is 7.91. The molecule has 2 aromatic carbocycles. The molecular weight excluding hydrogens is 673 g/mol. The van der Waals surface area contributed by atoms with Gasteiger partial charge in [0.2, 0.25) is 21.8 Å². The zero-order valence-corrected chi connectivity index (χ0v) is 31.0. The monoisotopic (exact) mass is 722 g/mol. The van der Waals surface area contributed by atoms with Crippen molar-refractivity contribution in [1.82, 2.24) is 20.3 Å². The number of rotatable bonds is 13. The van der Waals surface area contributed by atoms with Gasteiger partial charge >= 0.3 is 6.09 Å². The highest BCUT2D eigenvalue weighted by atomic mass is 32.2. The van der Waals surface area contributed by atoms with Crippen LogP contribution in [-0.2, 0) is 39.5 Å². The van der Waals surface area contributed by atoms with Gasteiger partial charge in [-0.15, -0.1) is 6.58 Å². The quantitative estimate of drug-likeness (QED) is 0.257. The van der Waals surface area contributed by atoms with E-state index in [1.807, 2.05) is 68.4 Å². The minimum Gasteiger partial charge on any atom is -0.444 e. The standard InChI is InChI=1S/C38H50N4O8S/c1-8-24(3)31(39-35(46)50-36(4,5)6)33(44)42-23-37(49-7,28-17-15-26(16-18-28)25-13-11-10-12-14-25)22-30(42)32(43)40-38(21-27(38)9-2)34(45)41-51(47,48)29-19-20-29/h9-18,24,27,29-31H,2,8,19-23H2,1,3-7H3,(H,39,46)(H,40,43)(H,41,45)/t24?,27-,30+,31+,37+,38-/m1/s1. The van der Waals surface area contributed by atoms with Gasteiger partial charge in [-0.05, 0) is 62.6 Å². The van der Waals surface area contributed by atoms with Gasteiger partial charge < -0.3 is 25.0 Å². The SMILES string of the molecule is C=C[C@@H]1C[C@]1(NC(=O)[C@@H]1C[C@@](OC)(c2ccc(-c3ccccc3)cc2)CN1C(=O)[C@@H](NC(=O)OC(C)(C)C)C(C)CC)C(=O)NS(=O)(=O)C1CC1. The molecule has 1 saturated heterocycles. The summed E-state index contributed by atoms with van der Waals surface area (Å²) in [5.74, 6) is -2.84. The van der Waals surface area contributed by atoms with Crippen LogP contribution in [0, 0.1) is 11.8 Å². The molecule has 0 aromatic heterocycles. The molecule has 13 heteroatoms. The maximum absolute atomic E-state index is 14.6. The lowest BCUT2D eigenvalue weighted by atomic mass is 9.89. The molecule has 1 aliphatic heterocycles. The number of sulfonamides is 1. The lowest BCUT2D eigenvalue weighted by Crippen LogP contribution is -2.59. The zero-order chi connectivity index (χ0) is 37.4. The topological polar surface area (TPSA) is 160 Å². The first kappa shape index (κ1) is 38.0. The van der Waals surface area contributed by atoms with E-state index in [4.69, 9.17) is 9.47 Å². The van der Waals surface area contributed by atoms with Crippen molar-refractivity contribution in [3.8, 4) is 11.1 Å². The van der Waals surface area contributed by atoms with Gasteiger partial charge in [0.15, 0.2) is 0 Å². The molecule has 0 radical (unpaired) electrons. The van der Waals surface area contributed by atoms with E-state index in [-0.39, 0.29) is 25.3 Å². The minimum atomic E-state index is -3.89. The van der Waals surface area contributed by atoms with Gasteiger partial charge in [0.1, 0.15) is 28.8 Å². The van der Waals surface area contributed by atoms with Gasteiger partial charge in [0.05, 0.1) is 11.8 Å². The van der Waals surface area contributed by atoms with Gasteiger partial charge in [-0.2, -0.15) is 0 Å². The fraction of sp³-hybridized carbons (Fsp3) is 0.526. The van der Waals surface area contributed by atoms with Gasteiger partial charge in [-0.3, -0.25) is 19.1 Å². The number of likely N-dealkylation sites (tertiary alicyclic amines) is 1. The number of ether oxygens (including phenoxy) is 2. The second kappa shape index (κ2) is 14.4. The molecule has 1 unspecified atom stereocenters. The summed E-state index contributed by atoms with van der Waals surface area (Å²) < 4.78 is 39.3. The molecule has 3 aliphatic rings. The Labute approximate surface area is 300 Å². The second-order valence-electron chi connectivity index (χ2n) is 15.0. The maximum Gasteiger partial charge on any atom is 0.408 e. The fourth-order valence-corrected chi connectivity index (χ4v) is 8.09. The van der Waals surface area contributed by atoms with Crippen LogP contribution >= 0.6 is 0 Å². The third-order valence-corrected chi connectivity index (χ3v) is 12.0. The van der Waals surface area contributed by atoms with Gasteiger partial charge in [-0.1, -0.05) is 80.9 Å². The molecule has 0 bridgehead atoms. The number of methoxy groups -OCH3 is 1. The third-order valence-electron chi connectivity index (χ3n) is 10.2. The van der Waals surface area contributed by atoms with Crippen LogP contribution in [0.3, 0.4) is 0 Å². The largest absolute Gasteiger partial charge is 0.444 e. The van der Waals surface area contributed by atoms with Crippen LogP contribution in [0.4, 0.5) is 4.79 Å². The lowest BCUT2D eigenvalue weighted by Gasteiger charge is -2.33. The first-order valence-corrected chi connectivity index (χ1v) is 19.1. The number of carbonyl (C=O) groups excluding carboxylic acids is 4. The zero-order valence-electron chi connectivity index (χ0n) is 30.2. The summed E-state index contributed by atoms with van der Waals surface area (Å²) in [6.45, 7) is 12.6. The number of benzene rings is 2. The molecule has 3 fully saturated rings. The molecule has 2 aromatic rings. The number of nitrogens with zero attached hydrogens (tertiary/aromatic N) is 1. The summed E-state index contributed by atoms with van der Waals surface area (Å²) in [6, 6.07) is 15.4. The molecule has 0 spiro atoms. The summed E-state index contributed by atoms with van der Waals surface area (Å²) in [5, 5.41) is 4.93. The van der Waals surface area contributed by atoms with E-state index in [0.29, 0.717) is 19.3 Å². The molecule has 4 amide bonds. The first-order chi connectivity index (χ1) is 24.0. The molecule has 6 atom stereocenters. The highest BCUT2D eigenvalue weighted by Gasteiger charge is 2.62. The lowest BCUT2D eigenvalue weighted by molar-refractivity contribution is -0.142. The average Bonchev–Trinajstić information content (AvgIpc) is 4.03. The molecule has 3 N–H and O–H groups in total. The summed E-state index contributed by atoms with van der Waals surface area (Å²) in [6.07, 6.45) is 2.39. The number of hydrogen-bond acceptors (Lipinski definition) is 8. The van der Waals surface area contributed by atoms with Gasteiger partial charge in [0, 0.05) is 19.4 Å². The number of nitrogens with one attached hydrogen (secondary N) is 3. The Morgan fingerprint density at radius 2 is 1.65 bits per heavy atom. The van der Waals surface area contributed by atoms with E-state index in [2.05, 4.69) is 21.9 Å². The molecule has 1 heterocycles. The van der Waals surface area contributed by atoms with E-state index in [1.165, 1.54) is 18.1 Å². The average molecular weight is 723 g/mol. The van der Waals surface area contributed by atoms with Crippen LogP contribution in [-0.4, -0.2) is 79.3 Å². The van der Waals surface area contributed by atoms with Crippen LogP contribution < -0.4 is 15.4 Å². The number of carbonyl (C=O) groups is 4. The molecule has 2 aliphatic carbocycles. The second-order valence-corrected chi connectivity index (χ2v) is 17.0.